The summed E-state index contributed by atoms with van der Waals surface area (Å²) < 4.78 is 0. The Balaban J connectivity index is 0.000000218. The molecule has 0 fully saturated rings. The first-order valence-corrected chi connectivity index (χ1v) is 13.2. The fourth-order valence-corrected chi connectivity index (χ4v) is 4.34. The Bertz CT molecular complexity index is 1310. The van der Waals surface area contributed by atoms with Crippen LogP contribution >= 0.6 is 23.2 Å². The molecule has 0 radical (unpaired) electrons. The van der Waals surface area contributed by atoms with E-state index in [1.165, 1.54) is 12.2 Å². The number of carboxylic acids is 1. The molecule has 39 heavy (non-hydrogen) atoms. The van der Waals surface area contributed by atoms with Crippen molar-refractivity contribution in [2.45, 2.75) is 24.7 Å². The van der Waals surface area contributed by atoms with Gasteiger partial charge >= 0.3 is 5.97 Å². The molecule has 4 aromatic rings. The largest absolute Gasteiger partial charge is 0.481 e. The van der Waals surface area contributed by atoms with Crippen LogP contribution in [0.25, 0.3) is 0 Å². The third kappa shape index (κ3) is 9.25. The lowest BCUT2D eigenvalue weighted by Crippen LogP contribution is -2.32. The number of hydroxylamine groups is 2. The van der Waals surface area contributed by atoms with Crippen molar-refractivity contribution in [1.82, 2.24) is 5.06 Å². The summed E-state index contributed by atoms with van der Waals surface area (Å²) >= 11 is 11.7. The minimum atomic E-state index is -0.809. The van der Waals surface area contributed by atoms with Crippen LogP contribution in [0.1, 0.15) is 34.1 Å². The van der Waals surface area contributed by atoms with E-state index in [1.807, 2.05) is 97.1 Å². The van der Waals surface area contributed by atoms with Crippen LogP contribution < -0.4 is 0 Å². The van der Waals surface area contributed by atoms with Gasteiger partial charge < -0.3 is 5.11 Å². The van der Waals surface area contributed by atoms with Gasteiger partial charge in [0.2, 0.25) is 0 Å². The zero-order valence-corrected chi connectivity index (χ0v) is 23.3. The summed E-state index contributed by atoms with van der Waals surface area (Å²) in [6, 6.07) is 33.8. The van der Waals surface area contributed by atoms with E-state index >= 15 is 0 Å². The Hall–Kier alpha value is -3.64. The van der Waals surface area contributed by atoms with E-state index in [9.17, 15) is 14.7 Å². The van der Waals surface area contributed by atoms with Gasteiger partial charge in [-0.05, 0) is 59.4 Å². The van der Waals surface area contributed by atoms with Gasteiger partial charge in [-0.25, -0.2) is 5.06 Å². The average molecular weight is 565 g/mol. The predicted molar refractivity (Wildman–Crippen MR) is 156 cm³/mol. The number of aliphatic carboxylic acids is 1. The first-order chi connectivity index (χ1) is 18.8. The molecule has 0 spiro atoms. The van der Waals surface area contributed by atoms with Gasteiger partial charge in [0.15, 0.2) is 0 Å². The number of carbonyl (C=O) groups excluding carboxylic acids is 1. The molecule has 0 saturated carbocycles. The molecule has 0 aliphatic heterocycles. The Morgan fingerprint density at radius 1 is 0.692 bits per heavy atom. The lowest BCUT2D eigenvalue weighted by Gasteiger charge is -2.22. The molecule has 5 nitrogen and oxygen atoms in total. The maximum Gasteiger partial charge on any atom is 0.311 e. The summed E-state index contributed by atoms with van der Waals surface area (Å²) in [4.78, 5) is 28.9. The molecule has 0 aliphatic rings. The minimum absolute atomic E-state index is 0.0707. The zero-order valence-electron chi connectivity index (χ0n) is 21.8. The summed E-state index contributed by atoms with van der Waals surface area (Å²) in [5, 5.41) is 11.9. The van der Waals surface area contributed by atoms with E-state index in [0.717, 1.165) is 22.3 Å². The Morgan fingerprint density at radius 2 is 1.08 bits per heavy atom. The normalized spacial score (nSPS) is 12.0. The van der Waals surface area contributed by atoms with Crippen molar-refractivity contribution in [2.75, 3.05) is 14.2 Å². The van der Waals surface area contributed by atoms with Crippen molar-refractivity contribution in [3.63, 3.8) is 0 Å². The van der Waals surface area contributed by atoms with E-state index in [0.29, 0.717) is 22.9 Å². The third-order valence-electron chi connectivity index (χ3n) is 6.29. The monoisotopic (exact) mass is 563 g/mol. The molecule has 7 heteroatoms. The topological polar surface area (TPSA) is 66.8 Å². The van der Waals surface area contributed by atoms with Gasteiger partial charge in [0.25, 0.3) is 5.91 Å². The van der Waals surface area contributed by atoms with Crippen LogP contribution in [0.2, 0.25) is 10.0 Å². The van der Waals surface area contributed by atoms with Crippen LogP contribution in [0.4, 0.5) is 0 Å². The van der Waals surface area contributed by atoms with Crippen molar-refractivity contribution < 1.29 is 19.5 Å². The van der Waals surface area contributed by atoms with Crippen LogP contribution in [0.15, 0.2) is 109 Å². The lowest BCUT2D eigenvalue weighted by molar-refractivity contribution is -0.170. The van der Waals surface area contributed by atoms with E-state index < -0.39 is 11.9 Å². The van der Waals surface area contributed by atoms with E-state index in [2.05, 4.69) is 0 Å². The second-order valence-electron chi connectivity index (χ2n) is 8.94. The third-order valence-corrected chi connectivity index (χ3v) is 6.79. The van der Waals surface area contributed by atoms with Crippen molar-refractivity contribution in [3.8, 4) is 0 Å². The van der Waals surface area contributed by atoms with Crippen LogP contribution in [0.5, 0.6) is 0 Å². The average Bonchev–Trinajstić information content (AvgIpc) is 2.97. The summed E-state index contributed by atoms with van der Waals surface area (Å²) in [6.45, 7) is 0. The molecular formula is C32H31Cl2NO4. The van der Waals surface area contributed by atoms with Crippen LogP contribution in [-0.4, -0.2) is 36.2 Å². The van der Waals surface area contributed by atoms with Crippen molar-refractivity contribution in [2.24, 2.45) is 0 Å². The van der Waals surface area contributed by atoms with E-state index in [-0.39, 0.29) is 11.8 Å². The van der Waals surface area contributed by atoms with Gasteiger partial charge in [-0.15, -0.1) is 0 Å². The molecule has 0 saturated heterocycles. The number of amides is 1. The fourth-order valence-electron chi connectivity index (χ4n) is 4.09. The van der Waals surface area contributed by atoms with Gasteiger partial charge in [-0.2, -0.15) is 0 Å². The van der Waals surface area contributed by atoms with Gasteiger partial charge in [0.05, 0.1) is 18.9 Å². The molecule has 2 atom stereocenters. The standard InChI is InChI=1S/C17H18ClNO2.C15H13ClO2/c1-19(21-2)17(20)16(14-6-4-3-5-7-14)12-13-8-10-15(18)11-9-13;16-13-8-6-11(7-9-13)10-14(15(17)18)12-4-2-1-3-5-12/h3-11,16H,12H2,1-2H3;1-9,14H,10H2,(H,17,18). The van der Waals surface area contributed by atoms with Crippen molar-refractivity contribution >= 4 is 35.1 Å². The second kappa shape index (κ2) is 15.1. The van der Waals surface area contributed by atoms with Crippen LogP contribution in [-0.2, 0) is 27.3 Å². The molecule has 2 unspecified atom stereocenters. The summed E-state index contributed by atoms with van der Waals surface area (Å²) in [5.41, 5.74) is 3.82. The smallest absolute Gasteiger partial charge is 0.311 e. The van der Waals surface area contributed by atoms with E-state index in [1.54, 1.807) is 19.2 Å². The molecule has 202 valence electrons. The number of halogens is 2. The molecule has 0 heterocycles. The first-order valence-electron chi connectivity index (χ1n) is 12.4. The molecule has 4 aromatic carbocycles. The number of hydrogen-bond acceptors (Lipinski definition) is 3. The number of rotatable bonds is 9. The Kier molecular flexibility index (Phi) is 11.6. The number of benzene rings is 4. The fraction of sp³-hybridized carbons (Fsp3) is 0.188. The second-order valence-corrected chi connectivity index (χ2v) is 9.82. The Labute approximate surface area is 239 Å². The molecule has 1 N–H and O–H groups in total. The highest BCUT2D eigenvalue weighted by molar-refractivity contribution is 6.30. The number of nitrogens with zero attached hydrogens (tertiary/aromatic N) is 1. The number of likely N-dealkylation sites (N-methyl/N-ethyl adjacent to an activating group) is 1. The maximum absolute atomic E-state index is 12.5. The Morgan fingerprint density at radius 3 is 1.46 bits per heavy atom. The molecule has 0 aromatic heterocycles. The summed E-state index contributed by atoms with van der Waals surface area (Å²) in [6.07, 6.45) is 1.07. The van der Waals surface area contributed by atoms with E-state index in [4.69, 9.17) is 28.0 Å². The molecule has 1 amide bonds. The SMILES string of the molecule is CON(C)C(=O)C(Cc1ccc(Cl)cc1)c1ccccc1.O=C(O)C(Cc1ccc(Cl)cc1)c1ccccc1. The van der Waals surface area contributed by atoms with Crippen molar-refractivity contribution in [1.29, 1.82) is 0 Å². The lowest BCUT2D eigenvalue weighted by atomic mass is 9.91. The summed E-state index contributed by atoms with van der Waals surface area (Å²) in [5.74, 6) is -1.68. The highest BCUT2D eigenvalue weighted by atomic mass is 35.5. The number of carbonyl (C=O) groups is 2. The molecule has 0 aliphatic carbocycles. The molecular weight excluding hydrogens is 533 g/mol. The summed E-state index contributed by atoms with van der Waals surface area (Å²) in [7, 11) is 3.11. The minimum Gasteiger partial charge on any atom is -0.481 e. The number of carboxylic acid groups (broad SMARTS) is 1. The van der Waals surface area contributed by atoms with Crippen LogP contribution in [0, 0.1) is 0 Å². The van der Waals surface area contributed by atoms with Gasteiger partial charge in [0.1, 0.15) is 0 Å². The highest BCUT2D eigenvalue weighted by Crippen LogP contribution is 2.24. The van der Waals surface area contributed by atoms with Crippen molar-refractivity contribution in [3.05, 3.63) is 141 Å². The predicted octanol–water partition coefficient (Wildman–Crippen LogP) is 7.44. The highest BCUT2D eigenvalue weighted by Gasteiger charge is 2.24. The van der Waals surface area contributed by atoms with Gasteiger partial charge in [-0.3, -0.25) is 14.4 Å². The quantitative estimate of drug-likeness (QED) is 0.215. The molecule has 0 bridgehead atoms. The first kappa shape index (κ1) is 29.9. The maximum atomic E-state index is 12.5. The van der Waals surface area contributed by atoms with Gasteiger partial charge in [-0.1, -0.05) is 108 Å². The van der Waals surface area contributed by atoms with Crippen LogP contribution in [0.3, 0.4) is 0 Å². The zero-order chi connectivity index (χ0) is 28.2. The number of hydrogen-bond donors (Lipinski definition) is 1. The molecule has 4 rings (SSSR count). The van der Waals surface area contributed by atoms with Gasteiger partial charge in [0, 0.05) is 17.1 Å².